The van der Waals surface area contributed by atoms with Gasteiger partial charge in [0.15, 0.2) is 5.88 Å². The highest BCUT2D eigenvalue weighted by atomic mass is 16.6. The minimum atomic E-state index is -0.946. The number of aliphatic hydroxyl groups is 1. The van der Waals surface area contributed by atoms with Crippen molar-refractivity contribution in [3.05, 3.63) is 62.9 Å². The van der Waals surface area contributed by atoms with Gasteiger partial charge in [0.1, 0.15) is 6.10 Å². The van der Waals surface area contributed by atoms with E-state index >= 15 is 0 Å². The van der Waals surface area contributed by atoms with Gasteiger partial charge in [-0.15, -0.1) is 0 Å². The van der Waals surface area contributed by atoms with E-state index in [2.05, 4.69) is 10.2 Å². The molecule has 0 saturated carbocycles. The summed E-state index contributed by atoms with van der Waals surface area (Å²) in [7, 11) is 0. The minimum absolute atomic E-state index is 0.0787. The van der Waals surface area contributed by atoms with Gasteiger partial charge in [-0.2, -0.15) is 0 Å². The van der Waals surface area contributed by atoms with Crippen molar-refractivity contribution < 1.29 is 19.6 Å². The van der Waals surface area contributed by atoms with Gasteiger partial charge in [-0.05, 0) is 17.7 Å². The van der Waals surface area contributed by atoms with Crippen LogP contribution in [0.2, 0.25) is 0 Å². The second-order valence-electron chi connectivity index (χ2n) is 4.47. The van der Waals surface area contributed by atoms with Crippen LogP contribution >= 0.6 is 0 Å². The van der Waals surface area contributed by atoms with Crippen molar-refractivity contribution in [2.75, 3.05) is 6.61 Å². The van der Waals surface area contributed by atoms with Gasteiger partial charge in [-0.1, -0.05) is 0 Å². The molecular weight excluding hydrogens is 292 g/mol. The summed E-state index contributed by atoms with van der Waals surface area (Å²) in [6.07, 6.45) is -0.697. The SMILES string of the molecule is [C-]#[N+]/C(C(N)=O)=C1/NC(CO)C(c2ccc([N+](=O)[O-])cc2)O1. The van der Waals surface area contributed by atoms with E-state index in [9.17, 15) is 20.0 Å². The van der Waals surface area contributed by atoms with E-state index in [1.807, 2.05) is 0 Å². The lowest BCUT2D eigenvalue weighted by atomic mass is 10.0. The Balaban J connectivity index is 2.33. The molecule has 1 aliphatic rings. The predicted molar refractivity (Wildman–Crippen MR) is 73.8 cm³/mol. The molecule has 1 heterocycles. The molecule has 0 radical (unpaired) electrons. The molecule has 2 rings (SSSR count). The van der Waals surface area contributed by atoms with Crippen LogP contribution in [0.25, 0.3) is 4.85 Å². The number of nitro benzene ring substituents is 1. The highest BCUT2D eigenvalue weighted by Gasteiger charge is 2.35. The van der Waals surface area contributed by atoms with Gasteiger partial charge in [0.25, 0.3) is 11.6 Å². The standard InChI is InChI=1S/C13H12N4O5/c1-15-10(12(14)19)13-16-9(6-18)11(22-13)7-2-4-8(5-3-7)17(20)21/h2-5,9,11,16,18H,6H2,(H2,14,19)/b13-10-. The number of hydrogen-bond acceptors (Lipinski definition) is 6. The Morgan fingerprint density at radius 2 is 2.14 bits per heavy atom. The number of non-ortho nitro benzene ring substituents is 1. The van der Waals surface area contributed by atoms with E-state index in [1.54, 1.807) is 0 Å². The Morgan fingerprint density at radius 1 is 1.50 bits per heavy atom. The fourth-order valence-corrected chi connectivity index (χ4v) is 2.06. The van der Waals surface area contributed by atoms with Crippen LogP contribution in [-0.2, 0) is 9.53 Å². The zero-order chi connectivity index (χ0) is 16.3. The number of hydrogen-bond donors (Lipinski definition) is 3. The van der Waals surface area contributed by atoms with E-state index in [4.69, 9.17) is 17.0 Å². The maximum absolute atomic E-state index is 11.2. The quantitative estimate of drug-likeness (QED) is 0.315. The summed E-state index contributed by atoms with van der Waals surface area (Å²) in [6.45, 7) is 6.61. The Morgan fingerprint density at radius 3 is 2.59 bits per heavy atom. The van der Waals surface area contributed by atoms with Crippen molar-refractivity contribution >= 4 is 11.6 Å². The molecule has 1 aliphatic heterocycles. The number of rotatable bonds is 4. The Labute approximate surface area is 125 Å². The monoisotopic (exact) mass is 304 g/mol. The number of carbonyl (C=O) groups is 1. The molecule has 1 aromatic carbocycles. The number of primary amides is 1. The zero-order valence-electron chi connectivity index (χ0n) is 11.2. The molecule has 0 aliphatic carbocycles. The number of nitrogens with two attached hydrogens (primary N) is 1. The van der Waals surface area contributed by atoms with Crippen LogP contribution in [-0.4, -0.2) is 28.6 Å². The summed E-state index contributed by atoms with van der Waals surface area (Å²) in [5.41, 5.74) is 5.16. The summed E-state index contributed by atoms with van der Waals surface area (Å²) < 4.78 is 5.49. The number of benzene rings is 1. The number of nitrogens with zero attached hydrogens (tertiary/aromatic N) is 2. The zero-order valence-corrected chi connectivity index (χ0v) is 11.2. The minimum Gasteiger partial charge on any atom is -0.477 e. The first-order valence-electron chi connectivity index (χ1n) is 6.18. The molecule has 0 bridgehead atoms. The smallest absolute Gasteiger partial charge is 0.307 e. The van der Waals surface area contributed by atoms with Crippen molar-refractivity contribution in [2.24, 2.45) is 5.73 Å². The van der Waals surface area contributed by atoms with Crippen LogP contribution in [0.5, 0.6) is 0 Å². The molecule has 0 spiro atoms. The average Bonchev–Trinajstić information content (AvgIpc) is 2.91. The molecule has 114 valence electrons. The van der Waals surface area contributed by atoms with Crippen LogP contribution < -0.4 is 11.1 Å². The Hall–Kier alpha value is -3.12. The van der Waals surface area contributed by atoms with E-state index in [0.717, 1.165) is 0 Å². The van der Waals surface area contributed by atoms with Crippen LogP contribution in [0.1, 0.15) is 11.7 Å². The maximum Gasteiger partial charge on any atom is 0.307 e. The molecule has 22 heavy (non-hydrogen) atoms. The molecule has 2 unspecified atom stereocenters. The van der Waals surface area contributed by atoms with Gasteiger partial charge in [0.05, 0.1) is 24.1 Å². The van der Waals surface area contributed by atoms with Crippen LogP contribution in [0, 0.1) is 16.7 Å². The van der Waals surface area contributed by atoms with Gasteiger partial charge in [-0.3, -0.25) is 14.9 Å². The topological polar surface area (TPSA) is 132 Å². The second kappa shape index (κ2) is 6.11. The molecule has 9 nitrogen and oxygen atoms in total. The predicted octanol–water partition coefficient (Wildman–Crippen LogP) is 0.190. The first-order valence-corrected chi connectivity index (χ1v) is 6.18. The van der Waals surface area contributed by atoms with Gasteiger partial charge < -0.3 is 20.9 Å². The highest BCUT2D eigenvalue weighted by Crippen LogP contribution is 2.32. The summed E-state index contributed by atoms with van der Waals surface area (Å²) in [5, 5.41) is 22.7. The normalized spacial score (nSPS) is 22.2. The van der Waals surface area contributed by atoms with Gasteiger partial charge >= 0.3 is 5.70 Å². The lowest BCUT2D eigenvalue weighted by molar-refractivity contribution is -0.384. The summed E-state index contributed by atoms with van der Waals surface area (Å²) in [6, 6.07) is 4.97. The van der Waals surface area contributed by atoms with Gasteiger partial charge in [0, 0.05) is 12.1 Å². The van der Waals surface area contributed by atoms with E-state index in [0.29, 0.717) is 5.56 Å². The number of aliphatic hydroxyl groups excluding tert-OH is 1. The average molecular weight is 304 g/mol. The number of amides is 1. The first kappa shape index (κ1) is 15.3. The third-order valence-corrected chi connectivity index (χ3v) is 3.12. The van der Waals surface area contributed by atoms with E-state index in [-0.39, 0.29) is 18.2 Å². The molecule has 1 fully saturated rings. The van der Waals surface area contributed by atoms with Crippen molar-refractivity contribution in [1.29, 1.82) is 0 Å². The molecule has 1 amide bonds. The van der Waals surface area contributed by atoms with E-state index < -0.39 is 28.7 Å². The summed E-state index contributed by atoms with van der Waals surface area (Å²) in [4.78, 5) is 24.3. The molecule has 9 heteroatoms. The van der Waals surface area contributed by atoms with Gasteiger partial charge in [0.2, 0.25) is 0 Å². The first-order chi connectivity index (χ1) is 10.5. The molecule has 1 saturated heterocycles. The van der Waals surface area contributed by atoms with Crippen LogP contribution in [0.3, 0.4) is 0 Å². The molecule has 2 atom stereocenters. The van der Waals surface area contributed by atoms with Crippen molar-refractivity contribution in [2.45, 2.75) is 12.1 Å². The molecular formula is C13H12N4O5. The van der Waals surface area contributed by atoms with Gasteiger partial charge in [-0.25, -0.2) is 4.85 Å². The fourth-order valence-electron chi connectivity index (χ4n) is 2.06. The van der Waals surface area contributed by atoms with Crippen LogP contribution in [0.15, 0.2) is 35.8 Å². The number of nitro groups is 1. The Kier molecular flexibility index (Phi) is 4.24. The maximum atomic E-state index is 11.2. The number of ether oxygens (including phenoxy) is 1. The summed E-state index contributed by atoms with van der Waals surface area (Å²) in [5.74, 6) is -1.05. The third kappa shape index (κ3) is 2.82. The van der Waals surface area contributed by atoms with E-state index in [1.165, 1.54) is 24.3 Å². The third-order valence-electron chi connectivity index (χ3n) is 3.12. The lowest BCUT2D eigenvalue weighted by Crippen LogP contribution is -2.30. The largest absolute Gasteiger partial charge is 0.477 e. The number of carbonyl (C=O) groups excluding carboxylic acids is 1. The lowest BCUT2D eigenvalue weighted by Gasteiger charge is -2.15. The van der Waals surface area contributed by atoms with Crippen LogP contribution in [0.4, 0.5) is 5.69 Å². The fraction of sp³-hybridized carbons (Fsp3) is 0.231. The van der Waals surface area contributed by atoms with Crippen molar-refractivity contribution in [1.82, 2.24) is 5.32 Å². The second-order valence-corrected chi connectivity index (χ2v) is 4.47. The molecule has 0 aromatic heterocycles. The van der Waals surface area contributed by atoms with Crippen molar-refractivity contribution in [3.63, 3.8) is 0 Å². The Bertz CT molecular complexity index is 677. The number of nitrogens with one attached hydrogen (secondary N) is 1. The highest BCUT2D eigenvalue weighted by molar-refractivity contribution is 5.94. The van der Waals surface area contributed by atoms with Crippen molar-refractivity contribution in [3.8, 4) is 0 Å². The molecule has 4 N–H and O–H groups in total. The summed E-state index contributed by atoms with van der Waals surface area (Å²) >= 11 is 0. The molecule has 1 aromatic rings.